The highest BCUT2D eigenvalue weighted by Crippen LogP contribution is 2.65. The number of rotatable bonds is 2. The maximum absolute atomic E-state index is 11.4. The molecule has 2 N–H and O–H groups in total. The molecule has 0 aromatic heterocycles. The lowest BCUT2D eigenvalue weighted by molar-refractivity contribution is -0.123. The Bertz CT molecular complexity index is 391. The molecular weight excluding hydrogens is 228 g/mol. The fraction of sp³-hybridized carbons (Fsp3) is 0.857. The van der Waals surface area contributed by atoms with E-state index in [0.717, 1.165) is 12.8 Å². The molecule has 0 unspecified atom stereocenters. The van der Waals surface area contributed by atoms with E-state index in [1.165, 1.54) is 0 Å². The Morgan fingerprint density at radius 3 is 2.11 bits per heavy atom. The second-order valence-electron chi connectivity index (χ2n) is 6.69. The molecule has 4 nitrogen and oxygen atoms in total. The molecule has 4 heteroatoms. The minimum absolute atomic E-state index is 0.0118. The Hall–Kier alpha value is -1.06. The summed E-state index contributed by atoms with van der Waals surface area (Å²) >= 11 is 0. The van der Waals surface area contributed by atoms with Crippen LogP contribution in [-0.2, 0) is 9.59 Å². The summed E-state index contributed by atoms with van der Waals surface area (Å²) in [6.45, 7) is 9.87. The van der Waals surface area contributed by atoms with E-state index >= 15 is 0 Å². The lowest BCUT2D eigenvalue weighted by Gasteiger charge is -2.40. The van der Waals surface area contributed by atoms with Crippen molar-refractivity contribution >= 4 is 11.8 Å². The molecule has 18 heavy (non-hydrogen) atoms. The highest BCUT2D eigenvalue weighted by Gasteiger charge is 2.66. The predicted molar refractivity (Wildman–Crippen MR) is 69.8 cm³/mol. The maximum Gasteiger partial charge on any atom is 0.217 e. The Morgan fingerprint density at radius 2 is 1.61 bits per heavy atom. The van der Waals surface area contributed by atoms with Crippen molar-refractivity contribution in [1.82, 2.24) is 10.6 Å². The number of hydrogen-bond donors (Lipinski definition) is 2. The van der Waals surface area contributed by atoms with Crippen LogP contribution < -0.4 is 10.6 Å². The monoisotopic (exact) mass is 252 g/mol. The second-order valence-corrected chi connectivity index (χ2v) is 6.69. The van der Waals surface area contributed by atoms with E-state index in [1.807, 2.05) is 0 Å². The van der Waals surface area contributed by atoms with Crippen LogP contribution in [0.2, 0.25) is 0 Å². The van der Waals surface area contributed by atoms with Crippen molar-refractivity contribution in [2.45, 2.75) is 59.5 Å². The van der Waals surface area contributed by atoms with Crippen LogP contribution in [0.1, 0.15) is 47.5 Å². The minimum atomic E-state index is -0.0140. The number of fused-ring (bicyclic) bond motifs is 2. The third-order valence-electron chi connectivity index (χ3n) is 5.58. The number of hydrogen-bond acceptors (Lipinski definition) is 2. The van der Waals surface area contributed by atoms with Gasteiger partial charge < -0.3 is 10.6 Å². The van der Waals surface area contributed by atoms with E-state index in [1.54, 1.807) is 13.8 Å². The van der Waals surface area contributed by atoms with Crippen LogP contribution in [0.15, 0.2) is 0 Å². The summed E-state index contributed by atoms with van der Waals surface area (Å²) in [6.07, 6.45) is 2.25. The van der Waals surface area contributed by atoms with E-state index in [2.05, 4.69) is 31.4 Å². The second kappa shape index (κ2) is 3.97. The van der Waals surface area contributed by atoms with Gasteiger partial charge >= 0.3 is 0 Å². The fourth-order valence-electron chi connectivity index (χ4n) is 4.26. The fourth-order valence-corrected chi connectivity index (χ4v) is 4.26. The van der Waals surface area contributed by atoms with Gasteiger partial charge in [0.1, 0.15) is 0 Å². The van der Waals surface area contributed by atoms with Gasteiger partial charge in [-0.3, -0.25) is 9.59 Å². The van der Waals surface area contributed by atoms with E-state index < -0.39 is 0 Å². The van der Waals surface area contributed by atoms with Gasteiger partial charge in [-0.25, -0.2) is 0 Å². The molecule has 2 saturated carbocycles. The van der Waals surface area contributed by atoms with Gasteiger partial charge in [-0.1, -0.05) is 20.8 Å². The molecule has 2 aliphatic rings. The van der Waals surface area contributed by atoms with Crippen molar-refractivity contribution in [1.29, 1.82) is 0 Å². The summed E-state index contributed by atoms with van der Waals surface area (Å²) in [5.74, 6) is 0.422. The standard InChI is InChI=1S/C14H24N2O2/c1-8(17)15-11-10-6-7-14(5,13(10,3)4)12(11)16-9(2)18/h10-12H,6-7H2,1-5H3,(H,15,17)(H,16,18)/t10-,11-,12-,14+/m1/s1. The van der Waals surface area contributed by atoms with Crippen molar-refractivity contribution in [2.75, 3.05) is 0 Å². The largest absolute Gasteiger partial charge is 0.351 e. The molecule has 0 heterocycles. The summed E-state index contributed by atoms with van der Waals surface area (Å²) in [6, 6.07) is 0.118. The summed E-state index contributed by atoms with van der Waals surface area (Å²) in [7, 11) is 0. The molecule has 0 aromatic rings. The van der Waals surface area contributed by atoms with Gasteiger partial charge in [0.15, 0.2) is 0 Å². The molecule has 0 aromatic carbocycles. The molecule has 2 bridgehead atoms. The topological polar surface area (TPSA) is 58.2 Å². The summed E-state index contributed by atoms with van der Waals surface area (Å²) < 4.78 is 0. The zero-order valence-electron chi connectivity index (χ0n) is 12.0. The normalized spacial score (nSPS) is 40.6. The molecule has 2 amide bonds. The molecule has 0 spiro atoms. The van der Waals surface area contributed by atoms with Crippen LogP contribution in [0.5, 0.6) is 0 Å². The van der Waals surface area contributed by atoms with Crippen LogP contribution in [0.25, 0.3) is 0 Å². The van der Waals surface area contributed by atoms with Gasteiger partial charge in [-0.2, -0.15) is 0 Å². The third kappa shape index (κ3) is 1.65. The van der Waals surface area contributed by atoms with E-state index in [4.69, 9.17) is 0 Å². The molecule has 4 atom stereocenters. The average Bonchev–Trinajstić information content (AvgIpc) is 2.50. The van der Waals surface area contributed by atoms with Crippen molar-refractivity contribution in [3.63, 3.8) is 0 Å². The van der Waals surface area contributed by atoms with Gasteiger partial charge in [0.05, 0.1) is 12.1 Å². The van der Waals surface area contributed by atoms with Crippen molar-refractivity contribution in [3.05, 3.63) is 0 Å². The highest BCUT2D eigenvalue weighted by atomic mass is 16.2. The molecule has 2 rings (SSSR count). The van der Waals surface area contributed by atoms with Crippen LogP contribution >= 0.6 is 0 Å². The minimum Gasteiger partial charge on any atom is -0.351 e. The van der Waals surface area contributed by atoms with E-state index in [-0.39, 0.29) is 34.7 Å². The first kappa shape index (κ1) is 13.4. The van der Waals surface area contributed by atoms with Gasteiger partial charge in [0.25, 0.3) is 0 Å². The number of carbonyl (C=O) groups excluding carboxylic acids is 2. The average molecular weight is 252 g/mol. The van der Waals surface area contributed by atoms with Crippen molar-refractivity contribution in [3.8, 4) is 0 Å². The maximum atomic E-state index is 11.4. The first-order valence-electron chi connectivity index (χ1n) is 6.74. The molecular formula is C14H24N2O2. The summed E-state index contributed by atoms with van der Waals surface area (Å²) in [4.78, 5) is 22.8. The number of carbonyl (C=O) groups is 2. The first-order valence-corrected chi connectivity index (χ1v) is 6.74. The van der Waals surface area contributed by atoms with E-state index in [0.29, 0.717) is 5.92 Å². The van der Waals surface area contributed by atoms with Crippen LogP contribution in [0.4, 0.5) is 0 Å². The van der Waals surface area contributed by atoms with Crippen LogP contribution in [0, 0.1) is 16.7 Å². The van der Waals surface area contributed by atoms with Gasteiger partial charge in [-0.15, -0.1) is 0 Å². The Kier molecular flexibility index (Phi) is 2.95. The summed E-state index contributed by atoms with van der Waals surface area (Å²) in [5, 5.41) is 6.13. The number of nitrogens with one attached hydrogen (secondary N) is 2. The molecule has 0 saturated heterocycles. The quantitative estimate of drug-likeness (QED) is 0.781. The Morgan fingerprint density at radius 1 is 1.06 bits per heavy atom. The smallest absolute Gasteiger partial charge is 0.217 e. The predicted octanol–water partition coefficient (Wildman–Crippen LogP) is 1.45. The van der Waals surface area contributed by atoms with E-state index in [9.17, 15) is 9.59 Å². The van der Waals surface area contributed by atoms with Crippen molar-refractivity contribution < 1.29 is 9.59 Å². The van der Waals surface area contributed by atoms with Crippen LogP contribution in [0.3, 0.4) is 0 Å². The molecule has 0 aliphatic heterocycles. The molecule has 2 fully saturated rings. The Balaban J connectivity index is 2.34. The lowest BCUT2D eigenvalue weighted by Crippen LogP contribution is -2.56. The van der Waals surface area contributed by atoms with Gasteiger partial charge in [0, 0.05) is 13.8 Å². The molecule has 2 aliphatic carbocycles. The Labute approximate surface area is 109 Å². The zero-order valence-corrected chi connectivity index (χ0v) is 12.0. The highest BCUT2D eigenvalue weighted by molar-refractivity contribution is 5.75. The zero-order chi connectivity index (χ0) is 13.7. The van der Waals surface area contributed by atoms with Gasteiger partial charge in [-0.05, 0) is 29.6 Å². The third-order valence-corrected chi connectivity index (χ3v) is 5.58. The number of amides is 2. The summed E-state index contributed by atoms with van der Waals surface area (Å²) in [5.41, 5.74) is 0.212. The van der Waals surface area contributed by atoms with Crippen LogP contribution in [-0.4, -0.2) is 23.9 Å². The first-order chi connectivity index (χ1) is 8.20. The molecule has 0 radical (unpaired) electrons. The molecule has 102 valence electrons. The lowest BCUT2D eigenvalue weighted by atomic mass is 9.69. The SMILES string of the molecule is CC(=O)N[C@@H]1[C@H]2CC[C@@](C)([C@@H]1NC(C)=O)C2(C)C. The van der Waals surface area contributed by atoms with Crippen molar-refractivity contribution in [2.24, 2.45) is 16.7 Å². The van der Waals surface area contributed by atoms with Gasteiger partial charge in [0.2, 0.25) is 11.8 Å².